The van der Waals surface area contributed by atoms with Crippen LogP contribution < -0.4 is 15.0 Å². The molecule has 0 aliphatic heterocycles. The fourth-order valence-corrected chi connectivity index (χ4v) is 4.71. The average Bonchev–Trinajstić information content (AvgIpc) is 2.82. The van der Waals surface area contributed by atoms with Gasteiger partial charge in [-0.3, -0.25) is 14.9 Å². The number of nitro groups is 1. The van der Waals surface area contributed by atoms with Gasteiger partial charge in [-0.1, -0.05) is 25.5 Å². The summed E-state index contributed by atoms with van der Waals surface area (Å²) in [6.07, 6.45) is 6.02. The molecule has 0 bridgehead atoms. The van der Waals surface area contributed by atoms with E-state index in [1.807, 2.05) is 4.57 Å². The zero-order valence-electron chi connectivity index (χ0n) is 21.8. The highest BCUT2D eigenvalue weighted by molar-refractivity contribution is 5.40. The smallest absolute Gasteiger partial charge is 0.269 e. The van der Waals surface area contributed by atoms with E-state index in [9.17, 15) is 20.0 Å². The van der Waals surface area contributed by atoms with E-state index < -0.39 is 4.92 Å². The molecule has 1 atom stereocenters. The third-order valence-electron chi connectivity index (χ3n) is 6.88. The van der Waals surface area contributed by atoms with Crippen LogP contribution in [0.15, 0.2) is 46.8 Å². The minimum atomic E-state index is -0.443. The Hall–Kier alpha value is -3.13. The Morgan fingerprint density at radius 2 is 1.89 bits per heavy atom. The molecule has 1 aromatic carbocycles. The Morgan fingerprint density at radius 3 is 2.53 bits per heavy atom. The summed E-state index contributed by atoms with van der Waals surface area (Å²) in [6, 6.07) is 7.57. The summed E-state index contributed by atoms with van der Waals surface area (Å²) < 4.78 is 13.6. The van der Waals surface area contributed by atoms with Gasteiger partial charge in [0.1, 0.15) is 11.5 Å². The number of nitro benzene ring substituents is 1. The molecule has 0 saturated carbocycles. The molecule has 3 rings (SSSR count). The quantitative estimate of drug-likeness (QED) is 0.189. The number of benzene rings is 1. The van der Waals surface area contributed by atoms with Gasteiger partial charge in [0.05, 0.1) is 18.1 Å². The fourth-order valence-electron chi connectivity index (χ4n) is 4.71. The Balaban J connectivity index is 1.73. The van der Waals surface area contributed by atoms with Crippen molar-refractivity contribution < 1.29 is 19.5 Å². The fraction of sp³-hybridized carbons (Fsp3) is 0.536. The highest BCUT2D eigenvalue weighted by atomic mass is 16.6. The monoisotopic (exact) mass is 498 g/mol. The molecule has 1 heterocycles. The molecule has 1 aromatic heterocycles. The SMILES string of the molecule is CC(C)=CCC1Cc2c(OCCCOc3ccc([N+](=O)[O-])cc3)cc(=O)n(CCCO)c2CC1(C)C. The molecule has 1 aliphatic carbocycles. The number of rotatable bonds is 12. The summed E-state index contributed by atoms with van der Waals surface area (Å²) in [5.41, 5.74) is 3.37. The van der Waals surface area contributed by atoms with Gasteiger partial charge in [0.15, 0.2) is 0 Å². The number of aliphatic hydroxyl groups is 1. The molecule has 0 amide bonds. The van der Waals surface area contributed by atoms with Crippen molar-refractivity contribution in [3.8, 4) is 11.5 Å². The lowest BCUT2D eigenvalue weighted by Gasteiger charge is -2.41. The van der Waals surface area contributed by atoms with Crippen molar-refractivity contribution in [2.45, 2.75) is 66.3 Å². The summed E-state index contributed by atoms with van der Waals surface area (Å²) in [5.74, 6) is 1.63. The van der Waals surface area contributed by atoms with Crippen LogP contribution in [-0.2, 0) is 19.4 Å². The summed E-state index contributed by atoms with van der Waals surface area (Å²) in [6.45, 7) is 10.1. The Labute approximate surface area is 212 Å². The molecule has 0 spiro atoms. The number of nitrogens with zero attached hydrogens (tertiary/aromatic N) is 2. The Bertz CT molecular complexity index is 1130. The zero-order chi connectivity index (χ0) is 26.3. The number of ether oxygens (including phenoxy) is 2. The van der Waals surface area contributed by atoms with Crippen molar-refractivity contribution in [3.05, 3.63) is 73.7 Å². The lowest BCUT2D eigenvalue weighted by molar-refractivity contribution is -0.384. The van der Waals surface area contributed by atoms with E-state index in [-0.39, 0.29) is 23.3 Å². The molecule has 0 radical (unpaired) electrons. The van der Waals surface area contributed by atoms with Gasteiger partial charge in [-0.2, -0.15) is 0 Å². The lowest BCUT2D eigenvalue weighted by atomic mass is 9.66. The van der Waals surface area contributed by atoms with Gasteiger partial charge in [-0.05, 0) is 63.0 Å². The third-order valence-corrected chi connectivity index (χ3v) is 6.88. The van der Waals surface area contributed by atoms with Crippen LogP contribution in [0.3, 0.4) is 0 Å². The van der Waals surface area contributed by atoms with Crippen molar-refractivity contribution in [3.63, 3.8) is 0 Å². The molecule has 0 saturated heterocycles. The van der Waals surface area contributed by atoms with Gasteiger partial charge in [0, 0.05) is 49.0 Å². The van der Waals surface area contributed by atoms with Gasteiger partial charge in [0.2, 0.25) is 0 Å². The maximum Gasteiger partial charge on any atom is 0.269 e. The second kappa shape index (κ2) is 12.2. The predicted octanol–water partition coefficient (Wildman–Crippen LogP) is 5.08. The van der Waals surface area contributed by atoms with Gasteiger partial charge in [0.25, 0.3) is 11.2 Å². The summed E-state index contributed by atoms with van der Waals surface area (Å²) in [5, 5.41) is 20.1. The predicted molar refractivity (Wildman–Crippen MR) is 140 cm³/mol. The molecule has 1 unspecified atom stereocenters. The van der Waals surface area contributed by atoms with E-state index in [1.165, 1.54) is 17.7 Å². The minimum absolute atomic E-state index is 0.0234. The van der Waals surface area contributed by atoms with Crippen molar-refractivity contribution in [2.75, 3.05) is 19.8 Å². The largest absolute Gasteiger partial charge is 0.493 e. The third kappa shape index (κ3) is 6.97. The summed E-state index contributed by atoms with van der Waals surface area (Å²) >= 11 is 0. The zero-order valence-corrected chi connectivity index (χ0v) is 21.8. The number of hydrogen-bond acceptors (Lipinski definition) is 6. The first-order chi connectivity index (χ1) is 17.1. The first kappa shape index (κ1) is 27.5. The highest BCUT2D eigenvalue weighted by Gasteiger charge is 2.37. The second-order valence-corrected chi connectivity index (χ2v) is 10.4. The number of pyridine rings is 1. The number of hydrogen-bond donors (Lipinski definition) is 1. The van der Waals surface area contributed by atoms with Crippen LogP contribution in [0.5, 0.6) is 11.5 Å². The van der Waals surface area contributed by atoms with Crippen LogP contribution in [0.4, 0.5) is 5.69 Å². The maximum atomic E-state index is 13.0. The van der Waals surface area contributed by atoms with Gasteiger partial charge < -0.3 is 19.1 Å². The number of aromatic nitrogens is 1. The van der Waals surface area contributed by atoms with E-state index in [4.69, 9.17) is 9.47 Å². The van der Waals surface area contributed by atoms with Crippen LogP contribution in [0, 0.1) is 21.4 Å². The minimum Gasteiger partial charge on any atom is -0.493 e. The van der Waals surface area contributed by atoms with Gasteiger partial charge in [-0.15, -0.1) is 0 Å². The molecule has 8 nitrogen and oxygen atoms in total. The van der Waals surface area contributed by atoms with E-state index in [1.54, 1.807) is 18.2 Å². The van der Waals surface area contributed by atoms with Crippen molar-refractivity contribution in [1.82, 2.24) is 4.57 Å². The highest BCUT2D eigenvalue weighted by Crippen LogP contribution is 2.44. The van der Waals surface area contributed by atoms with E-state index >= 15 is 0 Å². The average molecular weight is 499 g/mol. The van der Waals surface area contributed by atoms with Crippen LogP contribution in [-0.4, -0.2) is 34.4 Å². The van der Waals surface area contributed by atoms with Crippen LogP contribution >= 0.6 is 0 Å². The molecule has 1 aliphatic rings. The second-order valence-electron chi connectivity index (χ2n) is 10.4. The van der Waals surface area contributed by atoms with Crippen LogP contribution in [0.25, 0.3) is 0 Å². The first-order valence-corrected chi connectivity index (χ1v) is 12.6. The number of aliphatic hydroxyl groups excluding tert-OH is 1. The number of allylic oxidation sites excluding steroid dienone is 2. The maximum absolute atomic E-state index is 13.0. The summed E-state index contributed by atoms with van der Waals surface area (Å²) in [7, 11) is 0. The number of non-ortho nitro benzene ring substituents is 1. The van der Waals surface area contributed by atoms with E-state index in [0.717, 1.165) is 30.5 Å². The Kier molecular flexibility index (Phi) is 9.31. The van der Waals surface area contributed by atoms with Gasteiger partial charge >= 0.3 is 0 Å². The molecule has 196 valence electrons. The lowest BCUT2D eigenvalue weighted by Crippen LogP contribution is -2.38. The normalized spacial score (nSPS) is 16.2. The first-order valence-electron chi connectivity index (χ1n) is 12.6. The topological polar surface area (TPSA) is 104 Å². The summed E-state index contributed by atoms with van der Waals surface area (Å²) in [4.78, 5) is 23.3. The van der Waals surface area contributed by atoms with E-state index in [0.29, 0.717) is 50.0 Å². The Morgan fingerprint density at radius 1 is 1.19 bits per heavy atom. The molecular formula is C28H38N2O6. The van der Waals surface area contributed by atoms with E-state index in [2.05, 4.69) is 33.8 Å². The number of fused-ring (bicyclic) bond motifs is 1. The van der Waals surface area contributed by atoms with Gasteiger partial charge in [-0.25, -0.2) is 0 Å². The molecule has 8 heteroatoms. The van der Waals surface area contributed by atoms with Crippen molar-refractivity contribution in [2.24, 2.45) is 11.3 Å². The van der Waals surface area contributed by atoms with Crippen molar-refractivity contribution in [1.29, 1.82) is 0 Å². The molecule has 36 heavy (non-hydrogen) atoms. The standard InChI is InChI=1S/C28H38N2O6/c1-20(2)7-8-21-17-24-25(19-28(21,3)4)29(13-5-14-31)27(32)18-26(24)36-16-6-15-35-23-11-9-22(10-12-23)30(33)34/h7,9-12,18,21,31H,5-6,8,13-17,19H2,1-4H3. The van der Waals surface area contributed by atoms with Crippen LogP contribution in [0.1, 0.15) is 58.2 Å². The van der Waals surface area contributed by atoms with Crippen LogP contribution in [0.2, 0.25) is 0 Å². The molecule has 1 N–H and O–H groups in total. The molecule has 2 aromatic rings. The van der Waals surface area contributed by atoms with Crippen molar-refractivity contribution >= 4 is 5.69 Å². The molecular weight excluding hydrogens is 460 g/mol. The molecule has 0 fully saturated rings.